The van der Waals surface area contributed by atoms with E-state index in [2.05, 4.69) is 0 Å². The van der Waals surface area contributed by atoms with Crippen molar-refractivity contribution >= 4 is 29.1 Å². The van der Waals surface area contributed by atoms with E-state index in [1.165, 1.54) is 27.4 Å². The highest BCUT2D eigenvalue weighted by molar-refractivity contribution is 6.46. The van der Waals surface area contributed by atoms with Gasteiger partial charge in [0.15, 0.2) is 11.5 Å². The minimum Gasteiger partial charge on any atom is -0.507 e. The summed E-state index contributed by atoms with van der Waals surface area (Å²) < 4.78 is 16.5. The topological polar surface area (TPSA) is 85.3 Å². The third-order valence-electron chi connectivity index (χ3n) is 6.34. The highest BCUT2D eigenvalue weighted by atomic mass is 35.5. The number of benzene rings is 2. The number of methoxy groups -OCH3 is 3. The number of aliphatic hydroxyl groups excluding tert-OH is 1. The molecule has 4 rings (SSSR count). The summed E-state index contributed by atoms with van der Waals surface area (Å²) in [6, 6.07) is 9.06. The van der Waals surface area contributed by atoms with Crippen molar-refractivity contribution in [1.82, 2.24) is 4.90 Å². The Morgan fingerprint density at radius 3 is 2.33 bits per heavy atom. The average Bonchev–Trinajstić information content (AvgIpc) is 3.44. The summed E-state index contributed by atoms with van der Waals surface area (Å²) >= 11 is 6.17. The van der Waals surface area contributed by atoms with Crippen molar-refractivity contribution < 1.29 is 28.9 Å². The van der Waals surface area contributed by atoms with Gasteiger partial charge in [0.05, 0.1) is 38.5 Å². The standard InChI is InChI=1S/C25H26ClNO6/c1-31-18-12-11-14(26)13-17(18)22(28)20-21(16-9-6-10-19(32-2)24(16)33-3)27(25(30)23(20)29)15-7-4-5-8-15/h6,9-13,15,21,28H,4-5,7-8H2,1-3H3/b22-20+. The van der Waals surface area contributed by atoms with Crippen molar-refractivity contribution in [2.75, 3.05) is 21.3 Å². The SMILES string of the molecule is COc1ccc(Cl)cc1/C(O)=C1\C(=O)C(=O)N(C2CCCC2)C1c1cccc(OC)c1OC. The minimum absolute atomic E-state index is 0.0287. The van der Waals surface area contributed by atoms with Gasteiger partial charge in [0.1, 0.15) is 11.5 Å². The summed E-state index contributed by atoms with van der Waals surface area (Å²) in [5.74, 6) is -0.537. The zero-order valence-electron chi connectivity index (χ0n) is 18.8. The number of carbonyl (C=O) groups is 2. The molecule has 1 heterocycles. The highest BCUT2D eigenvalue weighted by Gasteiger charge is 2.50. The summed E-state index contributed by atoms with van der Waals surface area (Å²) in [4.78, 5) is 28.2. The molecule has 0 spiro atoms. The molecule has 7 nitrogen and oxygen atoms in total. The fourth-order valence-corrected chi connectivity index (χ4v) is 5.02. The number of hydrogen-bond donors (Lipinski definition) is 1. The Kier molecular flexibility index (Phi) is 6.51. The lowest BCUT2D eigenvalue weighted by molar-refractivity contribution is -0.141. The third kappa shape index (κ3) is 3.91. The van der Waals surface area contributed by atoms with Gasteiger partial charge in [-0.15, -0.1) is 0 Å². The molecule has 1 aliphatic carbocycles. The number of nitrogens with zero attached hydrogens (tertiary/aromatic N) is 1. The number of ketones is 1. The molecular formula is C25H26ClNO6. The van der Waals surface area contributed by atoms with Gasteiger partial charge in [0.25, 0.3) is 11.7 Å². The maximum Gasteiger partial charge on any atom is 0.295 e. The Morgan fingerprint density at radius 2 is 1.70 bits per heavy atom. The fourth-order valence-electron chi connectivity index (χ4n) is 4.85. The smallest absolute Gasteiger partial charge is 0.295 e. The summed E-state index contributed by atoms with van der Waals surface area (Å²) in [6.07, 6.45) is 3.52. The number of Topliss-reactive ketones (excluding diaryl/α,β-unsaturated/α-hetero) is 1. The Labute approximate surface area is 197 Å². The van der Waals surface area contributed by atoms with Gasteiger partial charge >= 0.3 is 0 Å². The van der Waals surface area contributed by atoms with Crippen LogP contribution >= 0.6 is 11.6 Å². The minimum atomic E-state index is -0.846. The largest absolute Gasteiger partial charge is 0.507 e. The lowest BCUT2D eigenvalue weighted by atomic mass is 9.93. The maximum atomic E-state index is 13.4. The summed E-state index contributed by atoms with van der Waals surface area (Å²) in [5.41, 5.74) is 0.769. The highest BCUT2D eigenvalue weighted by Crippen LogP contribution is 2.48. The summed E-state index contributed by atoms with van der Waals surface area (Å²) in [7, 11) is 4.48. The van der Waals surface area contributed by atoms with Gasteiger partial charge in [-0.2, -0.15) is 0 Å². The number of para-hydroxylation sites is 1. The molecule has 174 valence electrons. The van der Waals surface area contributed by atoms with Crippen LogP contribution in [0, 0.1) is 0 Å². The Hall–Kier alpha value is -3.19. The maximum absolute atomic E-state index is 13.4. The van der Waals surface area contributed by atoms with E-state index < -0.39 is 17.7 Å². The Bertz CT molecular complexity index is 1120. The van der Waals surface area contributed by atoms with Gasteiger partial charge in [-0.05, 0) is 37.1 Å². The van der Waals surface area contributed by atoms with Crippen molar-refractivity contribution in [1.29, 1.82) is 0 Å². The number of likely N-dealkylation sites (tertiary alicyclic amines) is 1. The molecule has 1 N–H and O–H groups in total. The van der Waals surface area contributed by atoms with E-state index in [1.54, 1.807) is 35.2 Å². The van der Waals surface area contributed by atoms with Crippen LogP contribution in [0.25, 0.3) is 5.76 Å². The third-order valence-corrected chi connectivity index (χ3v) is 6.58. The van der Waals surface area contributed by atoms with E-state index in [1.807, 2.05) is 0 Å². The van der Waals surface area contributed by atoms with Crippen LogP contribution < -0.4 is 14.2 Å². The number of aliphatic hydroxyl groups is 1. The van der Waals surface area contributed by atoms with Crippen molar-refractivity contribution in [2.45, 2.75) is 37.8 Å². The van der Waals surface area contributed by atoms with Crippen LogP contribution in [0.1, 0.15) is 42.9 Å². The van der Waals surface area contributed by atoms with Gasteiger partial charge < -0.3 is 24.2 Å². The Morgan fingerprint density at radius 1 is 1.00 bits per heavy atom. The fraction of sp³-hybridized carbons (Fsp3) is 0.360. The molecule has 1 saturated heterocycles. The van der Waals surface area contributed by atoms with Gasteiger partial charge in [-0.3, -0.25) is 9.59 Å². The number of ether oxygens (including phenoxy) is 3. The van der Waals surface area contributed by atoms with Crippen molar-refractivity contribution in [3.05, 3.63) is 58.1 Å². The predicted molar refractivity (Wildman–Crippen MR) is 124 cm³/mol. The first-order chi connectivity index (χ1) is 15.9. The number of carbonyl (C=O) groups excluding carboxylic acids is 2. The molecule has 1 unspecified atom stereocenters. The van der Waals surface area contributed by atoms with E-state index in [-0.39, 0.29) is 22.9 Å². The van der Waals surface area contributed by atoms with E-state index in [4.69, 9.17) is 25.8 Å². The second kappa shape index (κ2) is 9.35. The van der Waals surface area contributed by atoms with Crippen LogP contribution in [0.2, 0.25) is 5.02 Å². The molecule has 0 aromatic heterocycles. The van der Waals surface area contributed by atoms with Gasteiger partial charge in [0, 0.05) is 16.6 Å². The molecule has 0 radical (unpaired) electrons. The van der Waals surface area contributed by atoms with E-state index in [0.29, 0.717) is 27.8 Å². The molecule has 2 aliphatic rings. The molecule has 1 atom stereocenters. The molecule has 33 heavy (non-hydrogen) atoms. The van der Waals surface area contributed by atoms with Crippen LogP contribution in [0.3, 0.4) is 0 Å². The van der Waals surface area contributed by atoms with Crippen molar-refractivity contribution in [3.63, 3.8) is 0 Å². The molecule has 8 heteroatoms. The second-order valence-corrected chi connectivity index (χ2v) is 8.51. The number of rotatable bonds is 6. The first-order valence-electron chi connectivity index (χ1n) is 10.8. The summed E-state index contributed by atoms with van der Waals surface area (Å²) in [5, 5.41) is 11.8. The number of halogens is 1. The van der Waals surface area contributed by atoms with Crippen LogP contribution in [0.4, 0.5) is 0 Å². The average molecular weight is 472 g/mol. The molecule has 1 saturated carbocycles. The number of amides is 1. The van der Waals surface area contributed by atoms with Crippen molar-refractivity contribution in [2.24, 2.45) is 0 Å². The first-order valence-corrected chi connectivity index (χ1v) is 11.2. The van der Waals surface area contributed by atoms with E-state index in [0.717, 1.165) is 25.7 Å². The monoisotopic (exact) mass is 471 g/mol. The van der Waals surface area contributed by atoms with Crippen LogP contribution in [0.5, 0.6) is 17.2 Å². The van der Waals surface area contributed by atoms with E-state index in [9.17, 15) is 14.7 Å². The van der Waals surface area contributed by atoms with Gasteiger partial charge in [-0.25, -0.2) is 0 Å². The predicted octanol–water partition coefficient (Wildman–Crippen LogP) is 4.73. The lowest BCUT2D eigenvalue weighted by Crippen LogP contribution is -2.37. The zero-order chi connectivity index (χ0) is 23.7. The van der Waals surface area contributed by atoms with Gasteiger partial charge in [-0.1, -0.05) is 36.6 Å². The lowest BCUT2D eigenvalue weighted by Gasteiger charge is -2.31. The van der Waals surface area contributed by atoms with Crippen LogP contribution in [-0.2, 0) is 9.59 Å². The molecule has 2 aromatic rings. The molecule has 2 fully saturated rings. The number of hydrogen-bond acceptors (Lipinski definition) is 6. The zero-order valence-corrected chi connectivity index (χ0v) is 19.5. The van der Waals surface area contributed by atoms with E-state index >= 15 is 0 Å². The molecular weight excluding hydrogens is 446 g/mol. The Balaban J connectivity index is 2.00. The molecule has 0 bridgehead atoms. The van der Waals surface area contributed by atoms with Crippen molar-refractivity contribution in [3.8, 4) is 17.2 Å². The van der Waals surface area contributed by atoms with Crippen LogP contribution in [-0.4, -0.2) is 49.1 Å². The normalized spacial score (nSPS) is 20.4. The molecule has 1 aliphatic heterocycles. The second-order valence-electron chi connectivity index (χ2n) is 8.07. The quantitative estimate of drug-likeness (QED) is 0.372. The molecule has 2 aromatic carbocycles. The molecule has 1 amide bonds. The first kappa shape index (κ1) is 23.0. The van der Waals surface area contributed by atoms with Gasteiger partial charge in [0.2, 0.25) is 0 Å². The van der Waals surface area contributed by atoms with Crippen LogP contribution in [0.15, 0.2) is 42.0 Å². The summed E-state index contributed by atoms with van der Waals surface area (Å²) in [6.45, 7) is 0.